The van der Waals surface area contributed by atoms with Crippen molar-refractivity contribution in [3.8, 4) is 0 Å². The number of carbonyl (C=O) groups is 1. The highest BCUT2D eigenvalue weighted by molar-refractivity contribution is 5.81. The van der Waals surface area contributed by atoms with Gasteiger partial charge in [-0.25, -0.2) is 4.79 Å². The van der Waals surface area contributed by atoms with Crippen molar-refractivity contribution in [2.45, 2.75) is 26.1 Å². The molecule has 0 fully saturated rings. The SMILES string of the molecule is COC=CC(=O)OCC(C)OCC(C)O. The summed E-state index contributed by atoms with van der Waals surface area (Å²) in [6.07, 6.45) is 1.67. The zero-order valence-electron chi connectivity index (χ0n) is 9.30. The van der Waals surface area contributed by atoms with Gasteiger partial charge in [0.2, 0.25) is 0 Å². The summed E-state index contributed by atoms with van der Waals surface area (Å²) in [5.41, 5.74) is 0. The zero-order chi connectivity index (χ0) is 11.7. The van der Waals surface area contributed by atoms with E-state index in [1.165, 1.54) is 19.4 Å². The molecular weight excluding hydrogens is 200 g/mol. The maximum Gasteiger partial charge on any atom is 0.333 e. The van der Waals surface area contributed by atoms with Crippen LogP contribution in [0.15, 0.2) is 12.3 Å². The van der Waals surface area contributed by atoms with E-state index in [-0.39, 0.29) is 19.3 Å². The lowest BCUT2D eigenvalue weighted by atomic mass is 10.4. The molecule has 0 heterocycles. The van der Waals surface area contributed by atoms with Gasteiger partial charge >= 0.3 is 5.97 Å². The van der Waals surface area contributed by atoms with Crippen molar-refractivity contribution in [2.24, 2.45) is 0 Å². The van der Waals surface area contributed by atoms with E-state index in [4.69, 9.17) is 14.6 Å². The van der Waals surface area contributed by atoms with Gasteiger partial charge in [0.15, 0.2) is 0 Å². The van der Waals surface area contributed by atoms with Gasteiger partial charge in [0, 0.05) is 0 Å². The minimum atomic E-state index is -0.517. The molecule has 0 bridgehead atoms. The smallest absolute Gasteiger partial charge is 0.333 e. The first-order valence-electron chi connectivity index (χ1n) is 4.72. The van der Waals surface area contributed by atoms with Gasteiger partial charge in [-0.2, -0.15) is 0 Å². The van der Waals surface area contributed by atoms with Crippen LogP contribution in [0, 0.1) is 0 Å². The van der Waals surface area contributed by atoms with Crippen LogP contribution in [-0.2, 0) is 19.0 Å². The molecule has 0 rings (SSSR count). The molecular formula is C10H18O5. The Kier molecular flexibility index (Phi) is 7.67. The summed E-state index contributed by atoms with van der Waals surface area (Å²) in [5.74, 6) is -0.482. The molecule has 0 aromatic rings. The molecule has 0 aromatic carbocycles. The third kappa shape index (κ3) is 9.24. The number of ether oxygens (including phenoxy) is 3. The molecule has 0 aromatic heterocycles. The quantitative estimate of drug-likeness (QED) is 0.382. The van der Waals surface area contributed by atoms with Gasteiger partial charge in [-0.3, -0.25) is 0 Å². The van der Waals surface area contributed by atoms with Gasteiger partial charge in [0.1, 0.15) is 6.61 Å². The summed E-state index contributed by atoms with van der Waals surface area (Å²) in [5, 5.41) is 8.93. The molecule has 2 unspecified atom stereocenters. The van der Waals surface area contributed by atoms with Crippen molar-refractivity contribution < 1.29 is 24.1 Å². The van der Waals surface area contributed by atoms with Gasteiger partial charge in [0.05, 0.1) is 38.3 Å². The molecule has 88 valence electrons. The Balaban J connectivity index is 3.57. The molecule has 0 radical (unpaired) electrons. The topological polar surface area (TPSA) is 65.0 Å². The van der Waals surface area contributed by atoms with Crippen molar-refractivity contribution in [1.82, 2.24) is 0 Å². The van der Waals surface area contributed by atoms with Crippen LogP contribution in [0.5, 0.6) is 0 Å². The van der Waals surface area contributed by atoms with Crippen LogP contribution in [0.25, 0.3) is 0 Å². The maximum absolute atomic E-state index is 11.0. The Morgan fingerprint density at radius 1 is 1.40 bits per heavy atom. The van der Waals surface area contributed by atoms with Crippen LogP contribution in [0.1, 0.15) is 13.8 Å². The second-order valence-electron chi connectivity index (χ2n) is 3.16. The second kappa shape index (κ2) is 8.26. The number of hydrogen-bond donors (Lipinski definition) is 1. The summed E-state index contributed by atoms with van der Waals surface area (Å²) in [7, 11) is 1.44. The number of aliphatic hydroxyl groups is 1. The highest BCUT2D eigenvalue weighted by atomic mass is 16.6. The second-order valence-corrected chi connectivity index (χ2v) is 3.16. The summed E-state index contributed by atoms with van der Waals surface area (Å²) >= 11 is 0. The maximum atomic E-state index is 11.0. The minimum absolute atomic E-state index is 0.152. The van der Waals surface area contributed by atoms with Crippen LogP contribution < -0.4 is 0 Å². The number of methoxy groups -OCH3 is 1. The van der Waals surface area contributed by atoms with Crippen molar-refractivity contribution >= 4 is 5.97 Å². The Morgan fingerprint density at radius 3 is 2.60 bits per heavy atom. The molecule has 5 heteroatoms. The van der Waals surface area contributed by atoms with Crippen LogP contribution in [0.3, 0.4) is 0 Å². The largest absolute Gasteiger partial charge is 0.504 e. The lowest BCUT2D eigenvalue weighted by Gasteiger charge is -2.13. The van der Waals surface area contributed by atoms with Gasteiger partial charge < -0.3 is 19.3 Å². The monoisotopic (exact) mass is 218 g/mol. The molecule has 0 saturated carbocycles. The van der Waals surface area contributed by atoms with E-state index in [2.05, 4.69) is 4.74 Å². The summed E-state index contributed by atoms with van der Waals surface area (Å²) < 4.78 is 14.6. The first-order valence-corrected chi connectivity index (χ1v) is 4.72. The number of rotatable bonds is 7. The van der Waals surface area contributed by atoms with Gasteiger partial charge in [-0.15, -0.1) is 0 Å². The highest BCUT2D eigenvalue weighted by Gasteiger charge is 2.06. The van der Waals surface area contributed by atoms with E-state index in [0.29, 0.717) is 0 Å². The molecule has 0 amide bonds. The van der Waals surface area contributed by atoms with Gasteiger partial charge in [0.25, 0.3) is 0 Å². The fourth-order valence-electron chi connectivity index (χ4n) is 0.723. The average Bonchev–Trinajstić information content (AvgIpc) is 2.20. The Morgan fingerprint density at radius 2 is 2.07 bits per heavy atom. The lowest BCUT2D eigenvalue weighted by molar-refractivity contribution is -0.142. The number of hydrogen-bond acceptors (Lipinski definition) is 5. The molecule has 0 aliphatic rings. The summed E-state index contributed by atoms with van der Waals surface area (Å²) in [6, 6.07) is 0. The normalized spacial score (nSPS) is 14.9. The van der Waals surface area contributed by atoms with E-state index in [1.54, 1.807) is 13.8 Å². The number of carbonyl (C=O) groups excluding carboxylic acids is 1. The summed E-state index contributed by atoms with van der Waals surface area (Å²) in [4.78, 5) is 11.0. The van der Waals surface area contributed by atoms with Crippen molar-refractivity contribution in [2.75, 3.05) is 20.3 Å². The Labute approximate surface area is 89.6 Å². The molecule has 0 aliphatic carbocycles. The van der Waals surface area contributed by atoms with Crippen LogP contribution >= 0.6 is 0 Å². The van der Waals surface area contributed by atoms with E-state index in [9.17, 15) is 4.79 Å². The third-order valence-corrected chi connectivity index (χ3v) is 1.42. The predicted octanol–water partition coefficient (Wildman–Crippen LogP) is 0.476. The standard InChI is InChI=1S/C10H18O5/c1-8(11)6-14-9(2)7-15-10(12)4-5-13-3/h4-5,8-9,11H,6-7H2,1-3H3. The van der Waals surface area contributed by atoms with Gasteiger partial charge in [-0.05, 0) is 13.8 Å². The predicted molar refractivity (Wildman–Crippen MR) is 54.2 cm³/mol. The van der Waals surface area contributed by atoms with E-state index < -0.39 is 12.1 Å². The molecule has 0 spiro atoms. The van der Waals surface area contributed by atoms with Crippen molar-refractivity contribution in [3.05, 3.63) is 12.3 Å². The van der Waals surface area contributed by atoms with Gasteiger partial charge in [-0.1, -0.05) is 0 Å². The molecule has 1 N–H and O–H groups in total. The van der Waals surface area contributed by atoms with E-state index in [0.717, 1.165) is 0 Å². The Hall–Kier alpha value is -1.07. The number of esters is 1. The molecule has 0 aliphatic heterocycles. The zero-order valence-corrected chi connectivity index (χ0v) is 9.30. The Bertz CT molecular complexity index is 200. The minimum Gasteiger partial charge on any atom is -0.504 e. The van der Waals surface area contributed by atoms with Crippen LogP contribution in [0.2, 0.25) is 0 Å². The lowest BCUT2D eigenvalue weighted by Crippen LogP contribution is -2.22. The summed E-state index contributed by atoms with van der Waals surface area (Å²) in [6.45, 7) is 3.77. The fourth-order valence-corrected chi connectivity index (χ4v) is 0.723. The van der Waals surface area contributed by atoms with E-state index in [1.807, 2.05) is 0 Å². The number of aliphatic hydroxyl groups excluding tert-OH is 1. The van der Waals surface area contributed by atoms with Crippen LogP contribution in [0.4, 0.5) is 0 Å². The fraction of sp³-hybridized carbons (Fsp3) is 0.700. The third-order valence-electron chi connectivity index (χ3n) is 1.42. The first kappa shape index (κ1) is 13.9. The van der Waals surface area contributed by atoms with Crippen LogP contribution in [-0.4, -0.2) is 43.6 Å². The first-order chi connectivity index (χ1) is 7.06. The average molecular weight is 218 g/mol. The molecule has 5 nitrogen and oxygen atoms in total. The molecule has 15 heavy (non-hydrogen) atoms. The highest BCUT2D eigenvalue weighted by Crippen LogP contribution is 1.95. The van der Waals surface area contributed by atoms with Crippen molar-refractivity contribution in [3.63, 3.8) is 0 Å². The molecule has 0 saturated heterocycles. The van der Waals surface area contributed by atoms with E-state index >= 15 is 0 Å². The van der Waals surface area contributed by atoms with Crippen molar-refractivity contribution in [1.29, 1.82) is 0 Å². The molecule has 2 atom stereocenters.